The van der Waals surface area contributed by atoms with Gasteiger partial charge in [0.25, 0.3) is 5.91 Å². The van der Waals surface area contributed by atoms with Crippen LogP contribution in [0.3, 0.4) is 0 Å². The minimum atomic E-state index is -3.43. The average Bonchev–Trinajstić information content (AvgIpc) is 2.55. The van der Waals surface area contributed by atoms with Crippen molar-refractivity contribution in [3.05, 3.63) is 63.7 Å². The molecule has 7 heteroatoms. The number of hydrogen-bond acceptors (Lipinski definition) is 3. The molecular formula is C19H23ClN2O3S. The summed E-state index contributed by atoms with van der Waals surface area (Å²) in [5, 5.41) is 3.20. The number of hydrogen-bond donors (Lipinski definition) is 1. The molecule has 1 N–H and O–H groups in total. The van der Waals surface area contributed by atoms with Gasteiger partial charge in [-0.05, 0) is 50.1 Å². The first kappa shape index (κ1) is 20.3. The second kappa shape index (κ2) is 7.68. The number of anilines is 1. The molecule has 2 aromatic carbocycles. The van der Waals surface area contributed by atoms with E-state index in [4.69, 9.17) is 11.6 Å². The van der Waals surface area contributed by atoms with E-state index in [1.54, 1.807) is 6.07 Å². The Kier molecular flexibility index (Phi) is 5.98. The van der Waals surface area contributed by atoms with Gasteiger partial charge in [-0.2, -0.15) is 0 Å². The van der Waals surface area contributed by atoms with Crippen molar-refractivity contribution in [1.82, 2.24) is 5.32 Å². The number of amides is 1. The van der Waals surface area contributed by atoms with Crippen LogP contribution in [0.15, 0.2) is 36.4 Å². The molecule has 0 aliphatic rings. The van der Waals surface area contributed by atoms with E-state index in [1.807, 2.05) is 39.0 Å². The van der Waals surface area contributed by atoms with Crippen molar-refractivity contribution in [2.45, 2.75) is 26.8 Å². The molecule has 1 amide bonds. The summed E-state index contributed by atoms with van der Waals surface area (Å²) in [6.07, 6.45) is 1.10. The van der Waals surface area contributed by atoms with Gasteiger partial charge in [0.05, 0.1) is 28.6 Å². The Hall–Kier alpha value is -2.05. The molecule has 0 saturated carbocycles. The predicted molar refractivity (Wildman–Crippen MR) is 106 cm³/mol. The van der Waals surface area contributed by atoms with Crippen LogP contribution in [0.4, 0.5) is 5.69 Å². The summed E-state index contributed by atoms with van der Waals surface area (Å²) in [6.45, 7) is 5.89. The quantitative estimate of drug-likeness (QED) is 0.837. The number of nitrogens with one attached hydrogen (secondary N) is 1. The molecule has 140 valence electrons. The lowest BCUT2D eigenvalue weighted by molar-refractivity contribution is 0.0940. The second-order valence-corrected chi connectivity index (χ2v) is 8.87. The maximum Gasteiger partial charge on any atom is 0.253 e. The molecule has 1 atom stereocenters. The third-order valence-corrected chi connectivity index (χ3v) is 5.84. The first-order chi connectivity index (χ1) is 12.0. The molecule has 0 saturated heterocycles. The minimum absolute atomic E-state index is 0.213. The molecule has 0 aliphatic carbocycles. The fourth-order valence-electron chi connectivity index (χ4n) is 2.65. The van der Waals surface area contributed by atoms with E-state index in [-0.39, 0.29) is 22.5 Å². The Bertz CT molecular complexity index is 942. The third kappa shape index (κ3) is 4.56. The summed E-state index contributed by atoms with van der Waals surface area (Å²) in [7, 11) is -2.00. The van der Waals surface area contributed by atoms with Crippen LogP contribution in [-0.4, -0.2) is 27.6 Å². The normalized spacial score (nSPS) is 12.5. The van der Waals surface area contributed by atoms with Gasteiger partial charge in [0.2, 0.25) is 10.0 Å². The van der Waals surface area contributed by atoms with Crippen molar-refractivity contribution >= 4 is 33.2 Å². The molecule has 26 heavy (non-hydrogen) atoms. The number of rotatable bonds is 5. The zero-order chi connectivity index (χ0) is 19.6. The van der Waals surface area contributed by atoms with E-state index in [9.17, 15) is 13.2 Å². The Morgan fingerprint density at radius 3 is 2.42 bits per heavy atom. The zero-order valence-electron chi connectivity index (χ0n) is 15.5. The minimum Gasteiger partial charge on any atom is -0.345 e. The monoisotopic (exact) mass is 394 g/mol. The first-order valence-corrected chi connectivity index (χ1v) is 10.3. The van der Waals surface area contributed by atoms with E-state index in [2.05, 4.69) is 5.32 Å². The van der Waals surface area contributed by atoms with Crippen LogP contribution in [0.25, 0.3) is 0 Å². The number of benzene rings is 2. The first-order valence-electron chi connectivity index (χ1n) is 8.12. The highest BCUT2D eigenvalue weighted by atomic mass is 35.5. The van der Waals surface area contributed by atoms with Gasteiger partial charge < -0.3 is 5.32 Å². The van der Waals surface area contributed by atoms with E-state index in [0.717, 1.165) is 27.3 Å². The van der Waals surface area contributed by atoms with Gasteiger partial charge in [0.1, 0.15) is 0 Å². The van der Waals surface area contributed by atoms with Gasteiger partial charge in [-0.3, -0.25) is 9.10 Å². The largest absolute Gasteiger partial charge is 0.345 e. The molecule has 0 aliphatic heterocycles. The van der Waals surface area contributed by atoms with Gasteiger partial charge in [-0.15, -0.1) is 0 Å². The summed E-state index contributed by atoms with van der Waals surface area (Å²) >= 11 is 6.17. The van der Waals surface area contributed by atoms with Gasteiger partial charge in [-0.1, -0.05) is 35.4 Å². The van der Waals surface area contributed by atoms with Gasteiger partial charge in [0, 0.05) is 7.05 Å². The zero-order valence-corrected chi connectivity index (χ0v) is 17.1. The van der Waals surface area contributed by atoms with Crippen molar-refractivity contribution in [1.29, 1.82) is 0 Å². The average molecular weight is 395 g/mol. The van der Waals surface area contributed by atoms with E-state index in [0.29, 0.717) is 5.69 Å². The van der Waals surface area contributed by atoms with Gasteiger partial charge >= 0.3 is 0 Å². The third-order valence-electron chi connectivity index (χ3n) is 4.30. The number of carbonyl (C=O) groups excluding carboxylic acids is 1. The highest BCUT2D eigenvalue weighted by Gasteiger charge is 2.19. The van der Waals surface area contributed by atoms with Crippen molar-refractivity contribution < 1.29 is 13.2 Å². The molecular weight excluding hydrogens is 372 g/mol. The van der Waals surface area contributed by atoms with Gasteiger partial charge in [-0.25, -0.2) is 8.42 Å². The molecule has 2 rings (SSSR count). The Morgan fingerprint density at radius 1 is 1.15 bits per heavy atom. The Morgan fingerprint density at radius 2 is 1.81 bits per heavy atom. The molecule has 5 nitrogen and oxygen atoms in total. The number of halogens is 1. The van der Waals surface area contributed by atoms with Crippen LogP contribution in [0.1, 0.15) is 40.0 Å². The predicted octanol–water partition coefficient (Wildman–Crippen LogP) is 3.84. The second-order valence-electron chi connectivity index (χ2n) is 6.45. The highest BCUT2D eigenvalue weighted by Crippen LogP contribution is 2.25. The lowest BCUT2D eigenvalue weighted by atomic mass is 9.99. The van der Waals surface area contributed by atoms with Gasteiger partial charge in [0.15, 0.2) is 0 Å². The van der Waals surface area contributed by atoms with Crippen molar-refractivity contribution in [3.8, 4) is 0 Å². The molecule has 0 aromatic heterocycles. The summed E-state index contributed by atoms with van der Waals surface area (Å²) in [6, 6.07) is 10.4. The topological polar surface area (TPSA) is 66.5 Å². The molecule has 0 fully saturated rings. The van der Waals surface area contributed by atoms with E-state index in [1.165, 1.54) is 19.2 Å². The molecule has 1 unspecified atom stereocenters. The van der Waals surface area contributed by atoms with Crippen LogP contribution < -0.4 is 9.62 Å². The Balaban J connectivity index is 2.30. The smallest absolute Gasteiger partial charge is 0.253 e. The van der Waals surface area contributed by atoms with Crippen LogP contribution in [0.5, 0.6) is 0 Å². The maximum atomic E-state index is 12.7. The molecule has 0 heterocycles. The molecule has 0 spiro atoms. The maximum absolute atomic E-state index is 12.7. The standard InChI is InChI=1S/C19H23ClN2O3S/c1-12-6-7-13(2)16(10-12)14(3)21-19(23)17-11-15(8-9-18(17)20)22(4)26(5,24)25/h6-11,14H,1-5H3,(H,21,23). The Labute approximate surface area is 160 Å². The molecule has 0 radical (unpaired) electrons. The van der Waals surface area contributed by atoms with E-state index < -0.39 is 10.0 Å². The lowest BCUT2D eigenvalue weighted by Gasteiger charge is -2.20. The fraction of sp³-hybridized carbons (Fsp3) is 0.316. The summed E-state index contributed by atoms with van der Waals surface area (Å²) in [5.41, 5.74) is 3.83. The number of nitrogens with zero attached hydrogens (tertiary/aromatic N) is 1. The highest BCUT2D eigenvalue weighted by molar-refractivity contribution is 7.92. The lowest BCUT2D eigenvalue weighted by Crippen LogP contribution is -2.28. The SMILES string of the molecule is Cc1ccc(C)c(C(C)NC(=O)c2cc(N(C)S(C)(=O)=O)ccc2Cl)c1. The summed E-state index contributed by atoms with van der Waals surface area (Å²) in [5.74, 6) is -0.354. The van der Waals surface area contributed by atoms with Crippen LogP contribution >= 0.6 is 11.6 Å². The molecule has 0 bridgehead atoms. The van der Waals surface area contributed by atoms with Crippen molar-refractivity contribution in [3.63, 3.8) is 0 Å². The van der Waals surface area contributed by atoms with Crippen LogP contribution in [0.2, 0.25) is 5.02 Å². The van der Waals surface area contributed by atoms with Crippen molar-refractivity contribution in [2.24, 2.45) is 0 Å². The van der Waals surface area contributed by atoms with E-state index >= 15 is 0 Å². The fourth-order valence-corrected chi connectivity index (χ4v) is 3.35. The van der Waals surface area contributed by atoms with Crippen LogP contribution in [0, 0.1) is 13.8 Å². The molecule has 2 aromatic rings. The van der Waals surface area contributed by atoms with Crippen LogP contribution in [-0.2, 0) is 10.0 Å². The summed E-state index contributed by atoms with van der Waals surface area (Å²) in [4.78, 5) is 12.7. The number of aryl methyl sites for hydroxylation is 2. The number of carbonyl (C=O) groups is 1. The number of sulfonamides is 1. The van der Waals surface area contributed by atoms with Crippen molar-refractivity contribution in [2.75, 3.05) is 17.6 Å². The summed E-state index contributed by atoms with van der Waals surface area (Å²) < 4.78 is 24.5.